The third-order valence-electron chi connectivity index (χ3n) is 2.49. The van der Waals surface area contributed by atoms with E-state index in [0.717, 1.165) is 22.0 Å². The van der Waals surface area contributed by atoms with Crippen molar-refractivity contribution in [2.24, 2.45) is 0 Å². The van der Waals surface area contributed by atoms with E-state index in [4.69, 9.17) is 10.4 Å². The van der Waals surface area contributed by atoms with Crippen molar-refractivity contribution in [1.29, 1.82) is 5.26 Å². The standard InChI is InChI=1S/C16H17NO2S2/c1-3-20-14-9-8-12(15(10-14)21-4-2)6-5-7-13(11-17)16(18)19/h5-10H,3-4H2,1-2H3,(H,18,19)/b6-5+,13-7+. The molecule has 1 N–H and O–H groups in total. The van der Waals surface area contributed by atoms with E-state index in [9.17, 15) is 4.79 Å². The molecule has 0 saturated carbocycles. The summed E-state index contributed by atoms with van der Waals surface area (Å²) in [5.41, 5.74) is 0.760. The van der Waals surface area contributed by atoms with Gasteiger partial charge in [-0.25, -0.2) is 4.79 Å². The third kappa shape index (κ3) is 5.70. The van der Waals surface area contributed by atoms with Gasteiger partial charge in [0.15, 0.2) is 0 Å². The topological polar surface area (TPSA) is 61.1 Å². The molecule has 0 heterocycles. The molecule has 1 aromatic carbocycles. The Balaban J connectivity index is 3.02. The van der Waals surface area contributed by atoms with Crippen LogP contribution in [0.5, 0.6) is 0 Å². The number of benzene rings is 1. The minimum absolute atomic E-state index is 0.269. The predicted molar refractivity (Wildman–Crippen MR) is 89.6 cm³/mol. The number of nitriles is 1. The molecule has 1 rings (SSSR count). The summed E-state index contributed by atoms with van der Waals surface area (Å²) in [7, 11) is 0. The monoisotopic (exact) mass is 319 g/mol. The highest BCUT2D eigenvalue weighted by Gasteiger charge is 2.04. The summed E-state index contributed by atoms with van der Waals surface area (Å²) in [6.45, 7) is 4.21. The number of allylic oxidation sites excluding steroid dienone is 2. The van der Waals surface area contributed by atoms with Crippen LogP contribution in [0.4, 0.5) is 0 Å². The van der Waals surface area contributed by atoms with Crippen molar-refractivity contribution in [2.75, 3.05) is 11.5 Å². The molecule has 0 atom stereocenters. The maximum atomic E-state index is 10.7. The van der Waals surface area contributed by atoms with Gasteiger partial charge in [0, 0.05) is 9.79 Å². The summed E-state index contributed by atoms with van der Waals surface area (Å²) in [5.74, 6) is 0.786. The summed E-state index contributed by atoms with van der Waals surface area (Å²) < 4.78 is 0. The van der Waals surface area contributed by atoms with E-state index < -0.39 is 5.97 Å². The Labute approximate surface area is 133 Å². The molecule has 0 amide bonds. The summed E-state index contributed by atoms with van der Waals surface area (Å²) in [4.78, 5) is 13.1. The van der Waals surface area contributed by atoms with Gasteiger partial charge < -0.3 is 5.11 Å². The molecule has 0 fully saturated rings. The van der Waals surface area contributed by atoms with Gasteiger partial charge in [-0.1, -0.05) is 32.1 Å². The van der Waals surface area contributed by atoms with Crippen LogP contribution in [0.15, 0.2) is 45.7 Å². The van der Waals surface area contributed by atoms with Gasteiger partial charge in [0.2, 0.25) is 0 Å². The predicted octanol–water partition coefficient (Wildman–Crippen LogP) is 4.46. The van der Waals surface area contributed by atoms with E-state index in [1.54, 1.807) is 35.7 Å². The summed E-state index contributed by atoms with van der Waals surface area (Å²) in [6, 6.07) is 7.88. The lowest BCUT2D eigenvalue weighted by Gasteiger charge is -2.07. The molecule has 110 valence electrons. The molecule has 0 saturated heterocycles. The Morgan fingerprint density at radius 2 is 2.05 bits per heavy atom. The molecule has 0 bridgehead atoms. The van der Waals surface area contributed by atoms with Crippen LogP contribution in [-0.4, -0.2) is 22.6 Å². The number of thioether (sulfide) groups is 2. The van der Waals surface area contributed by atoms with E-state index in [1.165, 1.54) is 11.0 Å². The number of carbonyl (C=O) groups is 1. The SMILES string of the molecule is CCSc1ccc(/C=C/C=C(\C#N)C(=O)O)c(SCC)c1. The van der Waals surface area contributed by atoms with Crippen LogP contribution in [0.1, 0.15) is 19.4 Å². The second-order valence-corrected chi connectivity index (χ2v) is 6.57. The first-order chi connectivity index (χ1) is 10.1. The van der Waals surface area contributed by atoms with Crippen molar-refractivity contribution in [1.82, 2.24) is 0 Å². The van der Waals surface area contributed by atoms with Crippen LogP contribution in [-0.2, 0) is 4.79 Å². The smallest absolute Gasteiger partial charge is 0.346 e. The minimum Gasteiger partial charge on any atom is -0.477 e. The first-order valence-electron chi connectivity index (χ1n) is 6.53. The van der Waals surface area contributed by atoms with Crippen LogP contribution in [0, 0.1) is 11.3 Å². The zero-order valence-corrected chi connectivity index (χ0v) is 13.6. The van der Waals surface area contributed by atoms with Crippen molar-refractivity contribution >= 4 is 35.6 Å². The van der Waals surface area contributed by atoms with E-state index in [1.807, 2.05) is 12.1 Å². The fourth-order valence-corrected chi connectivity index (χ4v) is 3.19. The van der Waals surface area contributed by atoms with Crippen molar-refractivity contribution in [3.05, 3.63) is 41.5 Å². The molecule has 0 spiro atoms. The van der Waals surface area contributed by atoms with Gasteiger partial charge in [-0.3, -0.25) is 0 Å². The molecule has 0 radical (unpaired) electrons. The molecular formula is C16H17NO2S2. The fourth-order valence-electron chi connectivity index (χ4n) is 1.59. The van der Waals surface area contributed by atoms with Crippen molar-refractivity contribution in [3.63, 3.8) is 0 Å². The first-order valence-corrected chi connectivity index (χ1v) is 8.50. The Morgan fingerprint density at radius 3 is 2.62 bits per heavy atom. The Morgan fingerprint density at radius 1 is 1.33 bits per heavy atom. The first kappa shape index (κ1) is 17.4. The highest BCUT2D eigenvalue weighted by atomic mass is 32.2. The number of hydrogen-bond donors (Lipinski definition) is 1. The minimum atomic E-state index is -1.21. The number of carboxylic acid groups (broad SMARTS) is 1. The quantitative estimate of drug-likeness (QED) is 0.348. The van der Waals surface area contributed by atoms with Gasteiger partial charge in [-0.05, 0) is 35.3 Å². The zero-order valence-electron chi connectivity index (χ0n) is 12.0. The highest BCUT2D eigenvalue weighted by Crippen LogP contribution is 2.29. The molecule has 3 nitrogen and oxygen atoms in total. The molecule has 0 aliphatic carbocycles. The normalized spacial score (nSPS) is 11.6. The summed E-state index contributed by atoms with van der Waals surface area (Å²) in [5, 5.41) is 17.5. The number of hydrogen-bond acceptors (Lipinski definition) is 4. The molecule has 0 unspecified atom stereocenters. The van der Waals surface area contributed by atoms with Gasteiger partial charge in [0.05, 0.1) is 0 Å². The average molecular weight is 319 g/mol. The largest absolute Gasteiger partial charge is 0.477 e. The van der Waals surface area contributed by atoms with Crippen LogP contribution in [0.2, 0.25) is 0 Å². The van der Waals surface area contributed by atoms with E-state index in [-0.39, 0.29) is 5.57 Å². The molecule has 0 aromatic heterocycles. The summed E-state index contributed by atoms with van der Waals surface area (Å²) >= 11 is 3.54. The Hall–Kier alpha value is -1.64. The van der Waals surface area contributed by atoms with Gasteiger partial charge >= 0.3 is 5.97 Å². The van der Waals surface area contributed by atoms with Crippen molar-refractivity contribution in [3.8, 4) is 6.07 Å². The molecule has 21 heavy (non-hydrogen) atoms. The lowest BCUT2D eigenvalue weighted by molar-refractivity contribution is -0.132. The molecule has 5 heteroatoms. The number of carboxylic acids is 1. The highest BCUT2D eigenvalue weighted by molar-refractivity contribution is 8.00. The number of aliphatic carboxylic acids is 1. The Kier molecular flexibility index (Phi) is 7.73. The van der Waals surface area contributed by atoms with Crippen LogP contribution in [0.25, 0.3) is 6.08 Å². The van der Waals surface area contributed by atoms with E-state index in [0.29, 0.717) is 0 Å². The van der Waals surface area contributed by atoms with Gasteiger partial charge in [0.25, 0.3) is 0 Å². The molecule has 1 aromatic rings. The van der Waals surface area contributed by atoms with Crippen LogP contribution < -0.4 is 0 Å². The zero-order chi connectivity index (χ0) is 15.7. The van der Waals surface area contributed by atoms with Crippen molar-refractivity contribution in [2.45, 2.75) is 23.6 Å². The van der Waals surface area contributed by atoms with E-state index >= 15 is 0 Å². The lowest BCUT2D eigenvalue weighted by Crippen LogP contribution is -1.96. The average Bonchev–Trinajstić information content (AvgIpc) is 2.45. The molecule has 0 aliphatic heterocycles. The number of rotatable bonds is 7. The second kappa shape index (κ2) is 9.32. The summed E-state index contributed by atoms with van der Waals surface area (Å²) in [6.07, 6.45) is 4.75. The lowest BCUT2D eigenvalue weighted by atomic mass is 10.2. The van der Waals surface area contributed by atoms with Gasteiger partial charge in [-0.2, -0.15) is 5.26 Å². The maximum absolute atomic E-state index is 10.7. The molecular weight excluding hydrogens is 302 g/mol. The van der Waals surface area contributed by atoms with Gasteiger partial charge in [-0.15, -0.1) is 23.5 Å². The van der Waals surface area contributed by atoms with Crippen LogP contribution in [0.3, 0.4) is 0 Å². The second-order valence-electron chi connectivity index (χ2n) is 3.92. The van der Waals surface area contributed by atoms with Gasteiger partial charge in [0.1, 0.15) is 11.6 Å². The fraction of sp³-hybridized carbons (Fsp3) is 0.250. The van der Waals surface area contributed by atoms with Crippen LogP contribution >= 0.6 is 23.5 Å². The van der Waals surface area contributed by atoms with Crippen molar-refractivity contribution < 1.29 is 9.90 Å². The maximum Gasteiger partial charge on any atom is 0.346 e. The van der Waals surface area contributed by atoms with E-state index in [2.05, 4.69) is 26.0 Å². The third-order valence-corrected chi connectivity index (χ3v) is 4.31. The number of nitrogens with zero attached hydrogens (tertiary/aromatic N) is 1. The molecule has 0 aliphatic rings. The Bertz CT molecular complexity index is 601.